The predicted octanol–water partition coefficient (Wildman–Crippen LogP) is 4.49. The fourth-order valence-corrected chi connectivity index (χ4v) is 4.28. The van der Waals surface area contributed by atoms with Gasteiger partial charge in [0.1, 0.15) is 11.4 Å². The monoisotopic (exact) mass is 489 g/mol. The van der Waals surface area contributed by atoms with Crippen molar-refractivity contribution in [3.8, 4) is 5.69 Å². The molecule has 0 unspecified atom stereocenters. The van der Waals surface area contributed by atoms with Crippen LogP contribution in [0.1, 0.15) is 62.8 Å². The highest BCUT2D eigenvalue weighted by Gasteiger charge is 2.38. The van der Waals surface area contributed by atoms with E-state index in [9.17, 15) is 14.4 Å². The van der Waals surface area contributed by atoms with E-state index in [0.717, 1.165) is 28.1 Å². The molecule has 0 saturated carbocycles. The molecule has 9 nitrogen and oxygen atoms in total. The summed E-state index contributed by atoms with van der Waals surface area (Å²) in [7, 11) is 1.57. The molecule has 188 valence electrons. The van der Waals surface area contributed by atoms with Crippen LogP contribution in [0.25, 0.3) is 16.7 Å². The van der Waals surface area contributed by atoms with Crippen molar-refractivity contribution in [2.24, 2.45) is 4.99 Å². The van der Waals surface area contributed by atoms with Crippen molar-refractivity contribution in [1.82, 2.24) is 19.8 Å². The maximum atomic E-state index is 12.9. The van der Waals surface area contributed by atoms with Gasteiger partial charge in [-0.1, -0.05) is 12.1 Å². The molecule has 0 saturated heterocycles. The summed E-state index contributed by atoms with van der Waals surface area (Å²) in [5.41, 5.74) is 2.28. The van der Waals surface area contributed by atoms with E-state index in [1.165, 1.54) is 11.8 Å². The maximum Gasteiger partial charge on any atom is 0.414 e. The van der Waals surface area contributed by atoms with Crippen LogP contribution in [0.5, 0.6) is 0 Å². The number of nitrogens with one attached hydrogen (secondary N) is 1. The van der Waals surface area contributed by atoms with Gasteiger partial charge >= 0.3 is 6.09 Å². The van der Waals surface area contributed by atoms with Gasteiger partial charge in [-0.15, -0.1) is 0 Å². The van der Waals surface area contributed by atoms with Crippen molar-refractivity contribution in [2.45, 2.75) is 59.1 Å². The van der Waals surface area contributed by atoms with Gasteiger partial charge < -0.3 is 4.74 Å². The topological polar surface area (TPSA) is 106 Å². The van der Waals surface area contributed by atoms with Gasteiger partial charge in [-0.25, -0.2) is 14.8 Å². The molecule has 1 aliphatic heterocycles. The summed E-state index contributed by atoms with van der Waals surface area (Å²) in [5, 5.41) is 2.62. The number of fused-ring (bicyclic) bond motifs is 1. The first-order valence-corrected chi connectivity index (χ1v) is 11.7. The molecule has 9 heteroatoms. The van der Waals surface area contributed by atoms with Gasteiger partial charge in [0.05, 0.1) is 23.0 Å². The second kappa shape index (κ2) is 8.89. The molecule has 1 aromatic heterocycles. The average Bonchev–Trinajstić information content (AvgIpc) is 3.10. The molecule has 1 N–H and O–H groups in total. The van der Waals surface area contributed by atoms with Crippen LogP contribution in [0.4, 0.5) is 4.79 Å². The van der Waals surface area contributed by atoms with Crippen LogP contribution in [-0.2, 0) is 15.1 Å². The SMILES string of the molecule is CC(=O)c1ccc2c(c1)nc(C)n2-c1cccc([C@]2(C)CC(=O)N(C)C(NC(=O)OC(C)(C)C)=N2)c1. The predicted molar refractivity (Wildman–Crippen MR) is 137 cm³/mol. The van der Waals surface area contributed by atoms with Gasteiger partial charge in [0.2, 0.25) is 11.9 Å². The molecule has 0 aliphatic carbocycles. The number of carbonyl (C=O) groups is 3. The van der Waals surface area contributed by atoms with E-state index >= 15 is 0 Å². The van der Waals surface area contributed by atoms with Gasteiger partial charge in [-0.3, -0.25) is 24.4 Å². The van der Waals surface area contributed by atoms with Crippen molar-refractivity contribution >= 4 is 34.8 Å². The quantitative estimate of drug-likeness (QED) is 0.546. The lowest BCUT2D eigenvalue weighted by Gasteiger charge is -2.35. The summed E-state index contributed by atoms with van der Waals surface area (Å²) >= 11 is 0. The number of aromatic nitrogens is 2. The maximum absolute atomic E-state index is 12.9. The second-order valence-electron chi connectivity index (χ2n) is 10.3. The number of ether oxygens (including phenoxy) is 1. The van der Waals surface area contributed by atoms with E-state index in [1.54, 1.807) is 40.0 Å². The number of rotatable bonds is 3. The van der Waals surface area contributed by atoms with Gasteiger partial charge in [-0.2, -0.15) is 0 Å². The zero-order chi connectivity index (χ0) is 26.4. The number of alkyl carbamates (subject to hydrolysis) is 1. The van der Waals surface area contributed by atoms with Crippen LogP contribution in [0.3, 0.4) is 0 Å². The third-order valence-corrected chi connectivity index (χ3v) is 6.11. The van der Waals surface area contributed by atoms with Gasteiger partial charge in [-0.05, 0) is 77.4 Å². The molecule has 36 heavy (non-hydrogen) atoms. The lowest BCUT2D eigenvalue weighted by Crippen LogP contribution is -2.52. The van der Waals surface area contributed by atoms with Crippen molar-refractivity contribution < 1.29 is 19.1 Å². The number of aryl methyl sites for hydroxylation is 1. The first kappa shape index (κ1) is 25.1. The summed E-state index contributed by atoms with van der Waals surface area (Å²) < 4.78 is 7.35. The molecule has 0 spiro atoms. The zero-order valence-electron chi connectivity index (χ0n) is 21.7. The Morgan fingerprint density at radius 1 is 1.14 bits per heavy atom. The van der Waals surface area contributed by atoms with Crippen LogP contribution >= 0.6 is 0 Å². The highest BCUT2D eigenvalue weighted by Crippen LogP contribution is 2.35. The standard InChI is InChI=1S/C27H31N5O4/c1-16(33)18-11-12-22-21(13-18)28-17(2)32(22)20-10-8-9-19(14-20)27(6)15-23(34)31(7)24(30-27)29-25(35)36-26(3,4)5/h8-14H,15H2,1-7H3,(H,29,30,35)/t27-/m0/s1. The van der Waals surface area contributed by atoms with E-state index < -0.39 is 17.2 Å². The van der Waals surface area contributed by atoms with Gasteiger partial charge in [0.25, 0.3) is 0 Å². The number of amides is 2. The minimum absolute atomic E-state index is 0.0142. The number of Topliss-reactive ketones (excluding diaryl/α,β-unsaturated/α-hetero) is 1. The lowest BCUT2D eigenvalue weighted by atomic mass is 9.87. The van der Waals surface area contributed by atoms with Crippen LogP contribution in [0, 0.1) is 6.92 Å². The Labute approximate surface area is 210 Å². The Bertz CT molecular complexity index is 1420. The van der Waals surface area contributed by atoms with E-state index in [4.69, 9.17) is 9.73 Å². The molecule has 2 aromatic carbocycles. The first-order chi connectivity index (χ1) is 16.8. The molecule has 0 bridgehead atoms. The van der Waals surface area contributed by atoms with Crippen molar-refractivity contribution in [2.75, 3.05) is 7.05 Å². The number of carbonyl (C=O) groups excluding carboxylic acids is 3. The Hall–Kier alpha value is -4.01. The first-order valence-electron chi connectivity index (χ1n) is 11.7. The number of ketones is 1. The minimum Gasteiger partial charge on any atom is -0.444 e. The molecular formula is C27H31N5O4. The fourth-order valence-electron chi connectivity index (χ4n) is 4.28. The summed E-state index contributed by atoms with van der Waals surface area (Å²) in [6, 6.07) is 13.2. The summed E-state index contributed by atoms with van der Waals surface area (Å²) in [4.78, 5) is 47.8. The largest absolute Gasteiger partial charge is 0.444 e. The summed E-state index contributed by atoms with van der Waals surface area (Å²) in [5.74, 6) is 0.710. The number of hydrogen-bond acceptors (Lipinski definition) is 6. The number of imidazole rings is 1. The normalized spacial score (nSPS) is 18.2. The van der Waals surface area contributed by atoms with E-state index in [1.807, 2.05) is 48.7 Å². The van der Waals surface area contributed by atoms with Crippen LogP contribution < -0.4 is 5.32 Å². The number of aliphatic imine (C=N–C) groups is 1. The Balaban J connectivity index is 1.74. The van der Waals surface area contributed by atoms with E-state index in [2.05, 4.69) is 10.3 Å². The molecule has 1 atom stereocenters. The zero-order valence-corrected chi connectivity index (χ0v) is 21.7. The van der Waals surface area contributed by atoms with Crippen molar-refractivity contribution in [3.05, 3.63) is 59.4 Å². The van der Waals surface area contributed by atoms with Crippen LogP contribution in [0.2, 0.25) is 0 Å². The lowest BCUT2D eigenvalue weighted by molar-refractivity contribution is -0.128. The average molecular weight is 490 g/mol. The third-order valence-electron chi connectivity index (χ3n) is 6.11. The van der Waals surface area contributed by atoms with Crippen molar-refractivity contribution in [3.63, 3.8) is 0 Å². The minimum atomic E-state index is -0.907. The third kappa shape index (κ3) is 4.86. The fraction of sp³-hybridized carbons (Fsp3) is 0.370. The summed E-state index contributed by atoms with van der Waals surface area (Å²) in [6.07, 6.45) is -0.540. The molecule has 0 fully saturated rings. The molecule has 3 aromatic rings. The molecule has 2 amide bonds. The summed E-state index contributed by atoms with van der Waals surface area (Å²) in [6.45, 7) is 10.6. The Kier molecular flexibility index (Phi) is 6.20. The highest BCUT2D eigenvalue weighted by molar-refractivity contribution is 6.05. The number of nitrogens with zero attached hydrogens (tertiary/aromatic N) is 4. The Morgan fingerprint density at radius 3 is 2.53 bits per heavy atom. The smallest absolute Gasteiger partial charge is 0.414 e. The molecular weight excluding hydrogens is 458 g/mol. The Morgan fingerprint density at radius 2 is 1.86 bits per heavy atom. The second-order valence-corrected chi connectivity index (χ2v) is 10.3. The highest BCUT2D eigenvalue weighted by atomic mass is 16.6. The van der Waals surface area contributed by atoms with Crippen LogP contribution in [0.15, 0.2) is 47.5 Å². The van der Waals surface area contributed by atoms with E-state index in [-0.39, 0.29) is 24.1 Å². The molecule has 1 aliphatic rings. The number of benzene rings is 2. The van der Waals surface area contributed by atoms with Gasteiger partial charge in [0.15, 0.2) is 5.78 Å². The number of guanidine groups is 1. The van der Waals surface area contributed by atoms with Gasteiger partial charge in [0, 0.05) is 18.3 Å². The molecule has 2 heterocycles. The molecule has 0 radical (unpaired) electrons. The molecule has 4 rings (SSSR count). The van der Waals surface area contributed by atoms with Crippen LogP contribution in [-0.4, -0.2) is 50.8 Å². The number of hydrogen-bond donors (Lipinski definition) is 1. The van der Waals surface area contributed by atoms with Crippen molar-refractivity contribution in [1.29, 1.82) is 0 Å². The van der Waals surface area contributed by atoms with E-state index in [0.29, 0.717) is 5.56 Å².